The van der Waals surface area contributed by atoms with Crippen LogP contribution in [0.15, 0.2) is 42.5 Å². The second-order valence-corrected chi connectivity index (χ2v) is 5.62. The van der Waals surface area contributed by atoms with Crippen LogP contribution in [0.4, 0.5) is 10.5 Å². The van der Waals surface area contributed by atoms with Crippen molar-refractivity contribution in [3.8, 4) is 0 Å². The molecule has 0 atom stereocenters. The van der Waals surface area contributed by atoms with E-state index in [0.29, 0.717) is 29.4 Å². The van der Waals surface area contributed by atoms with E-state index in [9.17, 15) is 9.59 Å². The van der Waals surface area contributed by atoms with Crippen molar-refractivity contribution in [2.45, 2.75) is 20.4 Å². The van der Waals surface area contributed by atoms with Gasteiger partial charge in [0.1, 0.15) is 0 Å². The Balaban J connectivity index is 1.95. The molecule has 0 bridgehead atoms. The summed E-state index contributed by atoms with van der Waals surface area (Å²) in [5.41, 5.74) is 2.90. The number of esters is 1. The van der Waals surface area contributed by atoms with Gasteiger partial charge in [-0.15, -0.1) is 0 Å². The number of rotatable bonds is 5. The van der Waals surface area contributed by atoms with Crippen LogP contribution in [0.2, 0.25) is 5.02 Å². The van der Waals surface area contributed by atoms with Gasteiger partial charge in [0.25, 0.3) is 0 Å². The second kappa shape index (κ2) is 8.36. The zero-order chi connectivity index (χ0) is 17.5. The summed E-state index contributed by atoms with van der Waals surface area (Å²) in [4.78, 5) is 23.7. The maximum atomic E-state index is 12.0. The van der Waals surface area contributed by atoms with Gasteiger partial charge in [-0.3, -0.25) is 0 Å². The summed E-state index contributed by atoms with van der Waals surface area (Å²) in [5.74, 6) is -0.418. The number of hydrogen-bond acceptors (Lipinski definition) is 3. The van der Waals surface area contributed by atoms with Crippen molar-refractivity contribution >= 4 is 29.3 Å². The predicted octanol–water partition coefficient (Wildman–Crippen LogP) is 4.15. The molecule has 0 aliphatic heterocycles. The number of benzene rings is 2. The average Bonchev–Trinajstić information content (AvgIpc) is 2.54. The van der Waals surface area contributed by atoms with Gasteiger partial charge in [-0.2, -0.15) is 0 Å². The molecule has 0 spiro atoms. The van der Waals surface area contributed by atoms with Crippen molar-refractivity contribution in [2.24, 2.45) is 0 Å². The molecule has 2 amide bonds. The molecule has 2 rings (SSSR count). The summed E-state index contributed by atoms with van der Waals surface area (Å²) < 4.78 is 4.94. The van der Waals surface area contributed by atoms with Crippen molar-refractivity contribution in [3.05, 3.63) is 64.2 Å². The second-order valence-electron chi connectivity index (χ2n) is 5.18. The van der Waals surface area contributed by atoms with Gasteiger partial charge in [0.15, 0.2) is 0 Å². The molecule has 2 aromatic rings. The molecular weight excluding hydrogens is 328 g/mol. The molecular formula is C18H19ClN2O3. The fraction of sp³-hybridized carbons (Fsp3) is 0.222. The molecule has 0 aromatic heterocycles. The average molecular weight is 347 g/mol. The highest BCUT2D eigenvalue weighted by atomic mass is 35.5. The van der Waals surface area contributed by atoms with Crippen LogP contribution in [0.25, 0.3) is 0 Å². The van der Waals surface area contributed by atoms with E-state index in [1.54, 1.807) is 37.3 Å². The Labute approximate surface area is 146 Å². The van der Waals surface area contributed by atoms with Crippen LogP contribution in [0.5, 0.6) is 0 Å². The van der Waals surface area contributed by atoms with Gasteiger partial charge in [0.05, 0.1) is 12.2 Å². The molecule has 6 heteroatoms. The highest BCUT2D eigenvalue weighted by Gasteiger charge is 2.08. The topological polar surface area (TPSA) is 67.4 Å². The van der Waals surface area contributed by atoms with Crippen molar-refractivity contribution in [1.29, 1.82) is 0 Å². The monoisotopic (exact) mass is 346 g/mol. The lowest BCUT2D eigenvalue weighted by Crippen LogP contribution is -2.28. The third-order valence-electron chi connectivity index (χ3n) is 3.38. The molecule has 2 aromatic carbocycles. The number of anilines is 1. The minimum atomic E-state index is -0.418. The van der Waals surface area contributed by atoms with Crippen LogP contribution >= 0.6 is 11.6 Å². The number of nitrogens with one attached hydrogen (secondary N) is 2. The number of ether oxygens (including phenoxy) is 1. The number of carbonyl (C=O) groups is 2. The summed E-state index contributed by atoms with van der Waals surface area (Å²) in [6.45, 7) is 4.36. The molecule has 0 aliphatic carbocycles. The standard InChI is InChI=1S/C18H19ClN2O3/c1-3-24-17(22)13-5-4-6-16(10-13)21-18(23)20-11-14-7-8-15(19)9-12(14)2/h4-10H,3,11H2,1-2H3,(H2,20,21,23). The zero-order valence-electron chi connectivity index (χ0n) is 13.6. The molecule has 0 heterocycles. The molecule has 2 N–H and O–H groups in total. The maximum absolute atomic E-state index is 12.0. The first-order chi connectivity index (χ1) is 11.5. The molecule has 0 aliphatic rings. The van der Waals surface area contributed by atoms with Crippen LogP contribution in [0, 0.1) is 6.92 Å². The van der Waals surface area contributed by atoms with E-state index in [0.717, 1.165) is 11.1 Å². The highest BCUT2D eigenvalue weighted by Crippen LogP contribution is 2.15. The molecule has 24 heavy (non-hydrogen) atoms. The van der Waals surface area contributed by atoms with Crippen molar-refractivity contribution in [2.75, 3.05) is 11.9 Å². The fourth-order valence-corrected chi connectivity index (χ4v) is 2.37. The zero-order valence-corrected chi connectivity index (χ0v) is 14.3. The largest absolute Gasteiger partial charge is 0.462 e. The lowest BCUT2D eigenvalue weighted by atomic mass is 10.1. The van der Waals surface area contributed by atoms with Gasteiger partial charge in [-0.1, -0.05) is 23.7 Å². The van der Waals surface area contributed by atoms with Gasteiger partial charge in [-0.25, -0.2) is 9.59 Å². The van der Waals surface area contributed by atoms with Crippen LogP contribution in [-0.2, 0) is 11.3 Å². The Morgan fingerprint density at radius 3 is 2.67 bits per heavy atom. The lowest BCUT2D eigenvalue weighted by molar-refractivity contribution is 0.0526. The number of carbonyl (C=O) groups excluding carboxylic acids is 2. The van der Waals surface area contributed by atoms with Crippen molar-refractivity contribution in [3.63, 3.8) is 0 Å². The summed E-state index contributed by atoms with van der Waals surface area (Å²) in [7, 11) is 0. The van der Waals surface area contributed by atoms with Crippen LogP contribution in [-0.4, -0.2) is 18.6 Å². The quantitative estimate of drug-likeness (QED) is 0.799. The Morgan fingerprint density at radius 2 is 1.96 bits per heavy atom. The van der Waals surface area contributed by atoms with Crippen LogP contribution in [0.1, 0.15) is 28.4 Å². The SMILES string of the molecule is CCOC(=O)c1cccc(NC(=O)NCc2ccc(Cl)cc2C)c1. The first-order valence-electron chi connectivity index (χ1n) is 7.56. The third-order valence-corrected chi connectivity index (χ3v) is 3.61. The molecule has 0 saturated heterocycles. The number of aryl methyl sites for hydroxylation is 1. The summed E-state index contributed by atoms with van der Waals surface area (Å²) in [6.07, 6.45) is 0. The molecule has 5 nitrogen and oxygen atoms in total. The molecule has 0 saturated carbocycles. The van der Waals surface area contributed by atoms with Gasteiger partial charge in [0, 0.05) is 17.3 Å². The van der Waals surface area contributed by atoms with Gasteiger partial charge in [-0.05, 0) is 55.3 Å². The molecule has 0 fully saturated rings. The molecule has 0 radical (unpaired) electrons. The molecule has 0 unspecified atom stereocenters. The van der Waals surface area contributed by atoms with Crippen molar-refractivity contribution in [1.82, 2.24) is 5.32 Å². The Hall–Kier alpha value is -2.53. The lowest BCUT2D eigenvalue weighted by Gasteiger charge is -2.10. The van der Waals surface area contributed by atoms with E-state index < -0.39 is 5.97 Å². The summed E-state index contributed by atoms with van der Waals surface area (Å²) >= 11 is 5.91. The third kappa shape index (κ3) is 4.99. The molecule has 126 valence electrons. The Bertz CT molecular complexity index is 747. The van der Waals surface area contributed by atoms with Crippen LogP contribution < -0.4 is 10.6 Å². The maximum Gasteiger partial charge on any atom is 0.338 e. The number of urea groups is 1. The van der Waals surface area contributed by atoms with E-state index in [1.165, 1.54) is 0 Å². The van der Waals surface area contributed by atoms with Gasteiger partial charge < -0.3 is 15.4 Å². The van der Waals surface area contributed by atoms with Crippen molar-refractivity contribution < 1.29 is 14.3 Å². The number of amides is 2. The highest BCUT2D eigenvalue weighted by molar-refractivity contribution is 6.30. The van der Waals surface area contributed by atoms with E-state index in [-0.39, 0.29) is 6.03 Å². The first kappa shape index (κ1) is 17.8. The normalized spacial score (nSPS) is 10.1. The Kier molecular flexibility index (Phi) is 6.21. The predicted molar refractivity (Wildman–Crippen MR) is 94.4 cm³/mol. The van der Waals surface area contributed by atoms with E-state index in [4.69, 9.17) is 16.3 Å². The van der Waals surface area contributed by atoms with Gasteiger partial charge in [0.2, 0.25) is 0 Å². The minimum absolute atomic E-state index is 0.303. The first-order valence-corrected chi connectivity index (χ1v) is 7.94. The number of hydrogen-bond donors (Lipinski definition) is 2. The van der Waals surface area contributed by atoms with Gasteiger partial charge >= 0.3 is 12.0 Å². The van der Waals surface area contributed by atoms with Crippen LogP contribution in [0.3, 0.4) is 0 Å². The number of halogens is 1. The smallest absolute Gasteiger partial charge is 0.338 e. The van der Waals surface area contributed by atoms with E-state index in [2.05, 4.69) is 10.6 Å². The Morgan fingerprint density at radius 1 is 1.17 bits per heavy atom. The van der Waals surface area contributed by atoms with E-state index >= 15 is 0 Å². The minimum Gasteiger partial charge on any atom is -0.462 e. The van der Waals surface area contributed by atoms with E-state index in [1.807, 2.05) is 19.1 Å². The summed E-state index contributed by atoms with van der Waals surface area (Å²) in [5, 5.41) is 6.13. The fourth-order valence-electron chi connectivity index (χ4n) is 2.15. The summed E-state index contributed by atoms with van der Waals surface area (Å²) in [6, 6.07) is 11.8.